The fourth-order valence-electron chi connectivity index (χ4n) is 2.29. The summed E-state index contributed by atoms with van der Waals surface area (Å²) in [6, 6.07) is 0.586. The lowest BCUT2D eigenvalue weighted by Crippen LogP contribution is -2.41. The number of rotatable bonds is 5. The van der Waals surface area contributed by atoms with Gasteiger partial charge in [0, 0.05) is 19.7 Å². The molecular weight excluding hydrogens is 190 g/mol. The maximum Gasteiger partial charge on any atom is 0.0897 e. The Labute approximate surface area is 93.2 Å². The maximum atomic E-state index is 9.51. The summed E-state index contributed by atoms with van der Waals surface area (Å²) in [6.07, 6.45) is 3.41. The number of aliphatic hydroxyl groups excluding tert-OH is 1. The van der Waals surface area contributed by atoms with Crippen molar-refractivity contribution in [2.24, 2.45) is 11.8 Å². The maximum absolute atomic E-state index is 9.51. The molecule has 1 saturated carbocycles. The van der Waals surface area contributed by atoms with Gasteiger partial charge in [0.15, 0.2) is 0 Å². The van der Waals surface area contributed by atoms with E-state index in [0.717, 1.165) is 11.8 Å². The molecule has 0 bridgehead atoms. The van der Waals surface area contributed by atoms with Crippen molar-refractivity contribution in [1.82, 2.24) is 5.32 Å². The Hall–Kier alpha value is -0.120. The Balaban J connectivity index is 2.16. The first-order valence-corrected chi connectivity index (χ1v) is 6.03. The molecule has 0 radical (unpaired) electrons. The minimum Gasteiger partial charge on any atom is -0.389 e. The van der Waals surface area contributed by atoms with Crippen LogP contribution in [0.15, 0.2) is 0 Å². The largest absolute Gasteiger partial charge is 0.389 e. The van der Waals surface area contributed by atoms with Crippen molar-refractivity contribution in [2.75, 3.05) is 20.3 Å². The number of aliphatic hydroxyl groups is 1. The van der Waals surface area contributed by atoms with E-state index in [9.17, 15) is 5.11 Å². The number of methoxy groups -OCH3 is 1. The van der Waals surface area contributed by atoms with Crippen LogP contribution in [0.2, 0.25) is 0 Å². The van der Waals surface area contributed by atoms with Crippen LogP contribution >= 0.6 is 0 Å². The highest BCUT2D eigenvalue weighted by molar-refractivity contribution is 4.80. The minimum absolute atomic E-state index is 0.371. The van der Waals surface area contributed by atoms with E-state index >= 15 is 0 Å². The van der Waals surface area contributed by atoms with Crippen LogP contribution < -0.4 is 5.32 Å². The van der Waals surface area contributed by atoms with Gasteiger partial charge in [-0.05, 0) is 31.1 Å². The van der Waals surface area contributed by atoms with Crippen molar-refractivity contribution < 1.29 is 9.84 Å². The van der Waals surface area contributed by atoms with E-state index in [1.807, 2.05) is 0 Å². The van der Waals surface area contributed by atoms with Crippen molar-refractivity contribution in [3.63, 3.8) is 0 Å². The fraction of sp³-hybridized carbons (Fsp3) is 1.00. The summed E-state index contributed by atoms with van der Waals surface area (Å²) in [5.74, 6) is 1.66. The SMILES string of the molecule is COCC(O)CNC1CCC(C)C(C)C1. The molecule has 1 aliphatic rings. The van der Waals surface area contributed by atoms with Gasteiger partial charge < -0.3 is 15.2 Å². The quantitative estimate of drug-likeness (QED) is 0.728. The van der Waals surface area contributed by atoms with Gasteiger partial charge in [-0.15, -0.1) is 0 Å². The Morgan fingerprint density at radius 2 is 2.07 bits per heavy atom. The average Bonchev–Trinajstić information content (AvgIpc) is 2.20. The van der Waals surface area contributed by atoms with Crippen molar-refractivity contribution in [1.29, 1.82) is 0 Å². The van der Waals surface area contributed by atoms with E-state index in [4.69, 9.17) is 4.74 Å². The normalized spacial score (nSPS) is 34.0. The molecule has 2 N–H and O–H groups in total. The number of hydrogen-bond acceptors (Lipinski definition) is 3. The van der Waals surface area contributed by atoms with Crippen LogP contribution in [0, 0.1) is 11.8 Å². The lowest BCUT2D eigenvalue weighted by molar-refractivity contribution is 0.0601. The van der Waals surface area contributed by atoms with E-state index in [1.54, 1.807) is 7.11 Å². The predicted octanol–water partition coefficient (Wildman–Crippen LogP) is 1.41. The third kappa shape index (κ3) is 4.49. The molecule has 0 heterocycles. The van der Waals surface area contributed by atoms with Crippen LogP contribution in [0.4, 0.5) is 0 Å². The third-order valence-electron chi connectivity index (χ3n) is 3.60. The second-order valence-corrected chi connectivity index (χ2v) is 4.98. The molecule has 0 aromatic heterocycles. The van der Waals surface area contributed by atoms with Gasteiger partial charge in [-0.2, -0.15) is 0 Å². The number of nitrogens with one attached hydrogen (secondary N) is 1. The Bertz CT molecular complexity index is 175. The van der Waals surface area contributed by atoms with Crippen molar-refractivity contribution in [3.05, 3.63) is 0 Å². The Kier molecular flexibility index (Phi) is 5.58. The highest BCUT2D eigenvalue weighted by Gasteiger charge is 2.24. The van der Waals surface area contributed by atoms with E-state index in [2.05, 4.69) is 19.2 Å². The summed E-state index contributed by atoms with van der Waals surface area (Å²) in [5, 5.41) is 12.9. The first kappa shape index (κ1) is 12.9. The van der Waals surface area contributed by atoms with Gasteiger partial charge in [0.25, 0.3) is 0 Å². The highest BCUT2D eigenvalue weighted by atomic mass is 16.5. The number of hydrogen-bond donors (Lipinski definition) is 2. The zero-order valence-corrected chi connectivity index (χ0v) is 10.2. The zero-order chi connectivity index (χ0) is 11.3. The third-order valence-corrected chi connectivity index (χ3v) is 3.60. The van der Waals surface area contributed by atoms with E-state index in [-0.39, 0.29) is 6.10 Å². The molecular formula is C12H25NO2. The van der Waals surface area contributed by atoms with E-state index in [1.165, 1.54) is 19.3 Å². The first-order chi connectivity index (χ1) is 7.13. The van der Waals surface area contributed by atoms with Crippen LogP contribution in [0.5, 0.6) is 0 Å². The molecule has 0 aromatic carbocycles. The number of ether oxygens (including phenoxy) is 1. The van der Waals surface area contributed by atoms with E-state index < -0.39 is 0 Å². The van der Waals surface area contributed by atoms with Crippen LogP contribution in [-0.4, -0.2) is 37.5 Å². The van der Waals surface area contributed by atoms with E-state index in [0.29, 0.717) is 19.2 Å². The molecule has 1 fully saturated rings. The van der Waals surface area contributed by atoms with Gasteiger partial charge in [-0.25, -0.2) is 0 Å². The van der Waals surface area contributed by atoms with Crippen molar-refractivity contribution >= 4 is 0 Å². The van der Waals surface area contributed by atoms with Gasteiger partial charge in [-0.3, -0.25) is 0 Å². The summed E-state index contributed by atoms with van der Waals surface area (Å²) < 4.78 is 4.89. The summed E-state index contributed by atoms with van der Waals surface area (Å²) >= 11 is 0. The molecule has 4 unspecified atom stereocenters. The summed E-state index contributed by atoms with van der Waals surface area (Å²) in [7, 11) is 1.62. The van der Waals surface area contributed by atoms with Crippen molar-refractivity contribution in [2.45, 2.75) is 45.3 Å². The van der Waals surface area contributed by atoms with Gasteiger partial charge in [0.2, 0.25) is 0 Å². The zero-order valence-electron chi connectivity index (χ0n) is 10.2. The highest BCUT2D eigenvalue weighted by Crippen LogP contribution is 2.29. The standard InChI is InChI=1S/C12H25NO2/c1-9-4-5-11(6-10(9)2)13-7-12(14)8-15-3/h9-14H,4-8H2,1-3H3. The minimum atomic E-state index is -0.371. The topological polar surface area (TPSA) is 41.5 Å². The molecule has 0 saturated heterocycles. The molecule has 1 rings (SSSR count). The first-order valence-electron chi connectivity index (χ1n) is 6.03. The average molecular weight is 215 g/mol. The monoisotopic (exact) mass is 215 g/mol. The molecule has 1 aliphatic carbocycles. The Morgan fingerprint density at radius 1 is 1.33 bits per heavy atom. The molecule has 3 nitrogen and oxygen atoms in total. The predicted molar refractivity (Wildman–Crippen MR) is 61.9 cm³/mol. The lowest BCUT2D eigenvalue weighted by Gasteiger charge is -2.33. The smallest absolute Gasteiger partial charge is 0.0897 e. The van der Waals surface area contributed by atoms with Gasteiger partial charge >= 0.3 is 0 Å². The molecule has 15 heavy (non-hydrogen) atoms. The summed E-state index contributed by atoms with van der Waals surface area (Å²) in [4.78, 5) is 0. The second kappa shape index (κ2) is 6.46. The molecule has 0 aromatic rings. The van der Waals surface area contributed by atoms with Crippen LogP contribution in [0.1, 0.15) is 33.1 Å². The molecule has 4 atom stereocenters. The summed E-state index contributed by atoms with van der Waals surface area (Å²) in [5.41, 5.74) is 0. The van der Waals surface area contributed by atoms with Crippen molar-refractivity contribution in [3.8, 4) is 0 Å². The molecule has 3 heteroatoms. The molecule has 0 spiro atoms. The lowest BCUT2D eigenvalue weighted by atomic mass is 9.79. The fourth-order valence-corrected chi connectivity index (χ4v) is 2.29. The van der Waals surface area contributed by atoms with Gasteiger partial charge in [-0.1, -0.05) is 13.8 Å². The van der Waals surface area contributed by atoms with Gasteiger partial charge in [0.05, 0.1) is 12.7 Å². The molecule has 90 valence electrons. The molecule has 0 amide bonds. The molecule has 0 aliphatic heterocycles. The Morgan fingerprint density at radius 3 is 2.67 bits per heavy atom. The second-order valence-electron chi connectivity index (χ2n) is 4.98. The summed E-state index contributed by atoms with van der Waals surface area (Å²) in [6.45, 7) is 5.73. The van der Waals surface area contributed by atoms with Gasteiger partial charge in [0.1, 0.15) is 0 Å². The van der Waals surface area contributed by atoms with Crippen LogP contribution in [-0.2, 0) is 4.74 Å². The van der Waals surface area contributed by atoms with Crippen LogP contribution in [0.3, 0.4) is 0 Å². The van der Waals surface area contributed by atoms with Crippen LogP contribution in [0.25, 0.3) is 0 Å².